The molecule has 0 unspecified atom stereocenters. The van der Waals surface area contributed by atoms with Crippen LogP contribution in [0.3, 0.4) is 0 Å². The molecule has 6 rings (SSSR count). The van der Waals surface area contributed by atoms with Crippen molar-refractivity contribution >= 4 is 34.9 Å². The number of fused-ring (bicyclic) bond motifs is 1. The van der Waals surface area contributed by atoms with E-state index in [1.165, 1.54) is 26.5 Å². The summed E-state index contributed by atoms with van der Waals surface area (Å²) in [6, 6.07) is 39.1. The van der Waals surface area contributed by atoms with E-state index in [0.717, 1.165) is 17.8 Å². The number of hydrogen-bond donors (Lipinski definition) is 0. The van der Waals surface area contributed by atoms with Crippen molar-refractivity contribution < 1.29 is 0 Å². The zero-order valence-electron chi connectivity index (χ0n) is 17.5. The Morgan fingerprint density at radius 3 is 1.88 bits per heavy atom. The second kappa shape index (κ2) is 8.53. The van der Waals surface area contributed by atoms with E-state index in [4.69, 9.17) is 5.10 Å². The van der Waals surface area contributed by atoms with Gasteiger partial charge in [-0.25, -0.2) is 0 Å². The molecule has 4 aromatic carbocycles. The number of hydrazone groups is 1. The molecule has 0 fully saturated rings. The molecular weight excluding hydrogens is 428 g/mol. The van der Waals surface area contributed by atoms with Gasteiger partial charge in [-0.3, -0.25) is 5.01 Å². The summed E-state index contributed by atoms with van der Waals surface area (Å²) in [6.45, 7) is 0. The molecule has 2 heterocycles. The first kappa shape index (κ1) is 19.7. The van der Waals surface area contributed by atoms with Gasteiger partial charge in [0.25, 0.3) is 0 Å². The summed E-state index contributed by atoms with van der Waals surface area (Å²) in [6.07, 6.45) is 0.902. The zero-order valence-corrected chi connectivity index (χ0v) is 19.1. The van der Waals surface area contributed by atoms with Crippen LogP contribution in [0.25, 0.3) is 0 Å². The van der Waals surface area contributed by atoms with E-state index in [9.17, 15) is 0 Å². The van der Waals surface area contributed by atoms with Gasteiger partial charge in [0, 0.05) is 16.2 Å². The third-order valence-corrected chi connectivity index (χ3v) is 8.85. The Bertz CT molecular complexity index is 1230. The van der Waals surface area contributed by atoms with Crippen molar-refractivity contribution in [3.8, 4) is 0 Å². The van der Waals surface area contributed by atoms with Crippen LogP contribution < -0.4 is 5.01 Å². The molecule has 2 nitrogen and oxygen atoms in total. The van der Waals surface area contributed by atoms with Crippen molar-refractivity contribution in [3.63, 3.8) is 0 Å². The topological polar surface area (TPSA) is 15.6 Å². The van der Waals surface area contributed by atoms with E-state index in [1.807, 2.05) is 23.5 Å². The van der Waals surface area contributed by atoms with E-state index < -0.39 is 0 Å². The Kier molecular flexibility index (Phi) is 5.26. The third-order valence-electron chi connectivity index (χ3n) is 5.95. The monoisotopic (exact) mass is 450 g/mol. The minimum absolute atomic E-state index is 0.205. The van der Waals surface area contributed by atoms with Crippen LogP contribution >= 0.6 is 23.5 Å². The number of nitrogens with zero attached hydrogens (tertiary/aromatic N) is 2. The summed E-state index contributed by atoms with van der Waals surface area (Å²) in [5.41, 5.74) is 6.12. The van der Waals surface area contributed by atoms with Gasteiger partial charge in [-0.2, -0.15) is 5.10 Å². The fraction of sp³-hybridized carbons (Fsp3) is 0.107. The number of anilines is 1. The molecule has 32 heavy (non-hydrogen) atoms. The Labute approximate surface area is 197 Å². The molecule has 1 atom stereocenters. The standard InChI is InChI=1S/C28H22N2S2/c1-3-9-20(10-4-1)24-19-25(21-11-5-2-6-12-21)30(29-24)23-17-15-22(16-18-23)28-31-26-13-7-8-14-27(26)32-28/h1-18,25,28H,19H2/t25-/m1/s1. The highest BCUT2D eigenvalue weighted by Crippen LogP contribution is 2.56. The Morgan fingerprint density at radius 2 is 1.22 bits per heavy atom. The molecule has 4 heteroatoms. The highest BCUT2D eigenvalue weighted by Gasteiger charge is 2.30. The maximum atomic E-state index is 5.09. The lowest BCUT2D eigenvalue weighted by atomic mass is 9.98. The predicted molar refractivity (Wildman–Crippen MR) is 137 cm³/mol. The smallest absolute Gasteiger partial charge is 0.0846 e. The second-order valence-corrected chi connectivity index (χ2v) is 10.6. The molecule has 0 aliphatic carbocycles. The fourth-order valence-electron chi connectivity index (χ4n) is 4.31. The van der Waals surface area contributed by atoms with Gasteiger partial charge in [0.2, 0.25) is 0 Å². The fourth-order valence-corrected chi connectivity index (χ4v) is 7.14. The van der Waals surface area contributed by atoms with Crippen LogP contribution in [-0.4, -0.2) is 5.71 Å². The summed E-state index contributed by atoms with van der Waals surface area (Å²) in [7, 11) is 0. The normalized spacial score (nSPS) is 17.9. The second-order valence-electron chi connectivity index (χ2n) is 7.99. The van der Waals surface area contributed by atoms with E-state index >= 15 is 0 Å². The minimum Gasteiger partial charge on any atom is -0.257 e. The van der Waals surface area contributed by atoms with Crippen molar-refractivity contribution in [2.75, 3.05) is 5.01 Å². The lowest BCUT2D eigenvalue weighted by Crippen LogP contribution is -2.18. The SMILES string of the molecule is c1ccc(C2=NN(c3ccc(C4Sc5ccccc5S4)cc3)[C@@H](c3ccccc3)C2)cc1. The predicted octanol–water partition coefficient (Wildman–Crippen LogP) is 7.94. The van der Waals surface area contributed by atoms with Gasteiger partial charge in [-0.15, -0.1) is 23.5 Å². The van der Waals surface area contributed by atoms with E-state index in [1.54, 1.807) is 0 Å². The molecule has 0 saturated carbocycles. The van der Waals surface area contributed by atoms with Crippen LogP contribution in [0, 0.1) is 0 Å². The van der Waals surface area contributed by atoms with Crippen LogP contribution in [0.2, 0.25) is 0 Å². The molecule has 2 aliphatic heterocycles. The lowest BCUT2D eigenvalue weighted by Gasteiger charge is -2.24. The van der Waals surface area contributed by atoms with Crippen LogP contribution in [0.15, 0.2) is 124 Å². The molecule has 0 radical (unpaired) electrons. The van der Waals surface area contributed by atoms with E-state index in [-0.39, 0.29) is 6.04 Å². The molecule has 0 spiro atoms. The number of thioether (sulfide) groups is 2. The van der Waals surface area contributed by atoms with Gasteiger partial charge in [-0.1, -0.05) is 84.9 Å². The van der Waals surface area contributed by atoms with Gasteiger partial charge < -0.3 is 0 Å². The Hall–Kier alpha value is -2.95. The summed E-state index contributed by atoms with van der Waals surface area (Å²) in [5.74, 6) is 0. The van der Waals surface area contributed by atoms with Crippen molar-refractivity contribution in [3.05, 3.63) is 126 Å². The molecular formula is C28H22N2S2. The summed E-state index contributed by atoms with van der Waals surface area (Å²) >= 11 is 3.89. The third kappa shape index (κ3) is 3.74. The van der Waals surface area contributed by atoms with Crippen molar-refractivity contribution in [1.29, 1.82) is 0 Å². The first-order valence-electron chi connectivity index (χ1n) is 10.8. The summed E-state index contributed by atoms with van der Waals surface area (Å²) in [4.78, 5) is 2.76. The molecule has 0 amide bonds. The Morgan fingerprint density at radius 1 is 0.625 bits per heavy atom. The first-order chi connectivity index (χ1) is 15.8. The van der Waals surface area contributed by atoms with Crippen molar-refractivity contribution in [2.45, 2.75) is 26.8 Å². The zero-order chi connectivity index (χ0) is 21.3. The Balaban J connectivity index is 1.30. The minimum atomic E-state index is 0.205. The summed E-state index contributed by atoms with van der Waals surface area (Å²) in [5, 5.41) is 7.29. The quantitative estimate of drug-likeness (QED) is 0.314. The number of hydrogen-bond acceptors (Lipinski definition) is 4. The van der Waals surface area contributed by atoms with Gasteiger partial charge in [0.1, 0.15) is 0 Å². The largest absolute Gasteiger partial charge is 0.257 e. The number of rotatable bonds is 4. The molecule has 2 aliphatic rings. The molecule has 156 valence electrons. The molecule has 4 aromatic rings. The van der Waals surface area contributed by atoms with Crippen molar-refractivity contribution in [1.82, 2.24) is 0 Å². The number of benzene rings is 4. The first-order valence-corrected chi connectivity index (χ1v) is 12.6. The average molecular weight is 451 g/mol. The van der Waals surface area contributed by atoms with E-state index in [0.29, 0.717) is 4.58 Å². The van der Waals surface area contributed by atoms with Crippen molar-refractivity contribution in [2.24, 2.45) is 5.10 Å². The van der Waals surface area contributed by atoms with Gasteiger partial charge >= 0.3 is 0 Å². The maximum absolute atomic E-state index is 5.09. The summed E-state index contributed by atoms with van der Waals surface area (Å²) < 4.78 is 0.410. The van der Waals surface area contributed by atoms with Crippen LogP contribution in [0.4, 0.5) is 5.69 Å². The molecule has 0 bridgehead atoms. The lowest BCUT2D eigenvalue weighted by molar-refractivity contribution is 0.709. The highest BCUT2D eigenvalue weighted by molar-refractivity contribution is 8.18. The maximum Gasteiger partial charge on any atom is 0.0846 e. The van der Waals surface area contributed by atoms with E-state index in [2.05, 4.69) is 114 Å². The van der Waals surface area contributed by atoms with Gasteiger partial charge in [-0.05, 0) is 41.0 Å². The average Bonchev–Trinajstić information content (AvgIpc) is 3.50. The van der Waals surface area contributed by atoms with Gasteiger partial charge in [0.15, 0.2) is 0 Å². The molecule has 0 N–H and O–H groups in total. The van der Waals surface area contributed by atoms with Gasteiger partial charge in [0.05, 0.1) is 22.0 Å². The van der Waals surface area contributed by atoms with Crippen LogP contribution in [-0.2, 0) is 0 Å². The highest BCUT2D eigenvalue weighted by atomic mass is 32.2. The van der Waals surface area contributed by atoms with Crippen LogP contribution in [0.5, 0.6) is 0 Å². The molecule has 0 saturated heterocycles. The molecule has 0 aromatic heterocycles. The van der Waals surface area contributed by atoms with Crippen LogP contribution in [0.1, 0.15) is 33.7 Å².